The van der Waals surface area contributed by atoms with Gasteiger partial charge in [-0.1, -0.05) is 17.7 Å². The van der Waals surface area contributed by atoms with E-state index in [4.69, 9.17) is 4.74 Å². The normalized spacial score (nSPS) is 10.3. The van der Waals surface area contributed by atoms with Crippen LogP contribution in [-0.4, -0.2) is 39.2 Å². The highest BCUT2D eigenvalue weighted by atomic mass is 16.6. The SMILES string of the molecule is Cc1ccc(NC(=O)NC(=O)COC(=O)Cn2nc(C)c([N+](=O)[O-])c2C)c(C)c1. The molecule has 0 radical (unpaired) electrons. The maximum absolute atomic E-state index is 11.9. The summed E-state index contributed by atoms with van der Waals surface area (Å²) >= 11 is 0. The lowest BCUT2D eigenvalue weighted by molar-refractivity contribution is -0.386. The van der Waals surface area contributed by atoms with Crippen LogP contribution in [0.4, 0.5) is 16.2 Å². The minimum Gasteiger partial charge on any atom is -0.454 e. The molecule has 3 amide bonds. The fourth-order valence-electron chi connectivity index (χ4n) is 2.69. The van der Waals surface area contributed by atoms with E-state index in [2.05, 4.69) is 15.7 Å². The van der Waals surface area contributed by atoms with Gasteiger partial charge in [0.1, 0.15) is 17.9 Å². The molecular formula is C18H21N5O6. The molecule has 29 heavy (non-hydrogen) atoms. The number of carbonyl (C=O) groups is 3. The zero-order valence-corrected chi connectivity index (χ0v) is 16.4. The molecule has 0 saturated heterocycles. The van der Waals surface area contributed by atoms with E-state index in [1.54, 1.807) is 6.07 Å². The van der Waals surface area contributed by atoms with Gasteiger partial charge in [0, 0.05) is 5.69 Å². The first kappa shape index (κ1) is 21.5. The van der Waals surface area contributed by atoms with Gasteiger partial charge in [0.2, 0.25) is 0 Å². The Morgan fingerprint density at radius 3 is 2.48 bits per heavy atom. The monoisotopic (exact) mass is 403 g/mol. The van der Waals surface area contributed by atoms with Crippen molar-refractivity contribution in [1.82, 2.24) is 15.1 Å². The minimum absolute atomic E-state index is 0.168. The summed E-state index contributed by atoms with van der Waals surface area (Å²) in [5.41, 5.74) is 2.59. The fourth-order valence-corrected chi connectivity index (χ4v) is 2.69. The molecule has 0 unspecified atom stereocenters. The van der Waals surface area contributed by atoms with E-state index in [-0.39, 0.29) is 17.1 Å². The molecule has 1 aromatic carbocycles. The number of aromatic nitrogens is 2. The highest BCUT2D eigenvalue weighted by Gasteiger charge is 2.23. The second-order valence-corrected chi connectivity index (χ2v) is 6.42. The largest absolute Gasteiger partial charge is 0.454 e. The average Bonchev–Trinajstić information content (AvgIpc) is 2.89. The van der Waals surface area contributed by atoms with E-state index in [9.17, 15) is 24.5 Å². The third kappa shape index (κ3) is 5.61. The quantitative estimate of drug-likeness (QED) is 0.425. The third-order valence-corrected chi connectivity index (χ3v) is 4.05. The maximum atomic E-state index is 11.9. The van der Waals surface area contributed by atoms with Crippen molar-refractivity contribution in [3.63, 3.8) is 0 Å². The molecule has 0 bridgehead atoms. The summed E-state index contributed by atoms with van der Waals surface area (Å²) in [6.07, 6.45) is 0. The number of ether oxygens (including phenoxy) is 1. The topological polar surface area (TPSA) is 145 Å². The number of imide groups is 1. The Morgan fingerprint density at radius 2 is 1.90 bits per heavy atom. The van der Waals surface area contributed by atoms with Crippen molar-refractivity contribution in [2.75, 3.05) is 11.9 Å². The lowest BCUT2D eigenvalue weighted by Crippen LogP contribution is -2.37. The Hall–Kier alpha value is -3.76. The second-order valence-electron chi connectivity index (χ2n) is 6.42. The highest BCUT2D eigenvalue weighted by Crippen LogP contribution is 2.21. The highest BCUT2D eigenvalue weighted by molar-refractivity contribution is 6.02. The van der Waals surface area contributed by atoms with E-state index in [1.807, 2.05) is 26.0 Å². The molecule has 1 heterocycles. The first-order chi connectivity index (χ1) is 13.6. The molecule has 0 fully saturated rings. The van der Waals surface area contributed by atoms with Gasteiger partial charge < -0.3 is 10.1 Å². The van der Waals surface area contributed by atoms with Crippen LogP contribution in [0.2, 0.25) is 0 Å². The van der Waals surface area contributed by atoms with Crippen LogP contribution in [-0.2, 0) is 20.9 Å². The Labute approximate surface area is 166 Å². The summed E-state index contributed by atoms with van der Waals surface area (Å²) < 4.78 is 5.93. The summed E-state index contributed by atoms with van der Waals surface area (Å²) in [4.78, 5) is 45.9. The van der Waals surface area contributed by atoms with Crippen LogP contribution in [0.25, 0.3) is 0 Å². The number of esters is 1. The lowest BCUT2D eigenvalue weighted by Gasteiger charge is -2.10. The van der Waals surface area contributed by atoms with Gasteiger partial charge in [-0.3, -0.25) is 29.7 Å². The van der Waals surface area contributed by atoms with Crippen LogP contribution < -0.4 is 10.6 Å². The second kappa shape index (κ2) is 8.95. The number of carbonyl (C=O) groups excluding carboxylic acids is 3. The van der Waals surface area contributed by atoms with E-state index in [0.29, 0.717) is 5.69 Å². The Bertz CT molecular complexity index is 981. The lowest BCUT2D eigenvalue weighted by atomic mass is 10.1. The molecule has 11 heteroatoms. The Kier molecular flexibility index (Phi) is 6.65. The van der Waals surface area contributed by atoms with Gasteiger partial charge in [0.05, 0.1) is 4.92 Å². The van der Waals surface area contributed by atoms with Crippen molar-refractivity contribution in [2.45, 2.75) is 34.2 Å². The van der Waals surface area contributed by atoms with Crippen molar-refractivity contribution >= 4 is 29.3 Å². The molecule has 11 nitrogen and oxygen atoms in total. The standard InChI is InChI=1S/C18H21N5O6/c1-10-5-6-14(11(2)7-10)19-18(26)20-15(24)9-29-16(25)8-22-13(4)17(23(27)28)12(3)21-22/h5-7H,8-9H2,1-4H3,(H2,19,20,24,26). The smallest absolute Gasteiger partial charge is 0.328 e. The fraction of sp³-hybridized carbons (Fsp3) is 0.333. The molecule has 0 aliphatic rings. The molecule has 0 atom stereocenters. The summed E-state index contributed by atoms with van der Waals surface area (Å²) in [7, 11) is 0. The van der Waals surface area contributed by atoms with Gasteiger partial charge in [-0.2, -0.15) is 5.10 Å². The van der Waals surface area contributed by atoms with Crippen molar-refractivity contribution < 1.29 is 24.0 Å². The van der Waals surface area contributed by atoms with Crippen molar-refractivity contribution in [3.8, 4) is 0 Å². The van der Waals surface area contributed by atoms with E-state index in [1.165, 1.54) is 13.8 Å². The van der Waals surface area contributed by atoms with Crippen LogP contribution >= 0.6 is 0 Å². The van der Waals surface area contributed by atoms with Crippen molar-refractivity contribution in [2.24, 2.45) is 0 Å². The van der Waals surface area contributed by atoms with Gasteiger partial charge in [-0.15, -0.1) is 0 Å². The number of nitrogens with zero attached hydrogens (tertiary/aromatic N) is 3. The third-order valence-electron chi connectivity index (χ3n) is 4.05. The molecule has 0 saturated carbocycles. The Balaban J connectivity index is 1.84. The predicted octanol–water partition coefficient (Wildman–Crippen LogP) is 1.92. The molecule has 154 valence electrons. The van der Waals surface area contributed by atoms with E-state index >= 15 is 0 Å². The van der Waals surface area contributed by atoms with Crippen molar-refractivity contribution in [1.29, 1.82) is 0 Å². The van der Waals surface area contributed by atoms with E-state index < -0.39 is 36.0 Å². The molecule has 2 N–H and O–H groups in total. The number of aryl methyl sites for hydroxylation is 3. The number of anilines is 1. The molecule has 0 aliphatic carbocycles. The van der Waals surface area contributed by atoms with Gasteiger partial charge in [-0.25, -0.2) is 4.79 Å². The zero-order valence-electron chi connectivity index (χ0n) is 16.4. The predicted molar refractivity (Wildman–Crippen MR) is 102 cm³/mol. The minimum atomic E-state index is -0.824. The molecule has 0 aliphatic heterocycles. The number of rotatable bonds is 6. The molecule has 0 spiro atoms. The van der Waals surface area contributed by atoms with E-state index in [0.717, 1.165) is 15.8 Å². The summed E-state index contributed by atoms with van der Waals surface area (Å²) in [5, 5.41) is 19.5. The van der Waals surface area contributed by atoms with Crippen LogP contribution in [0, 0.1) is 37.8 Å². The van der Waals surface area contributed by atoms with Crippen LogP contribution in [0.1, 0.15) is 22.5 Å². The number of hydrogen-bond acceptors (Lipinski definition) is 7. The number of benzene rings is 1. The summed E-state index contributed by atoms with van der Waals surface area (Å²) in [5.74, 6) is -1.64. The number of amides is 3. The number of nitro groups is 1. The molecule has 2 aromatic rings. The van der Waals surface area contributed by atoms with Crippen LogP contribution in [0.15, 0.2) is 18.2 Å². The van der Waals surface area contributed by atoms with Gasteiger partial charge >= 0.3 is 17.7 Å². The zero-order chi connectivity index (χ0) is 21.7. The Morgan fingerprint density at radius 1 is 1.21 bits per heavy atom. The molecule has 2 rings (SSSR count). The van der Waals surface area contributed by atoms with Crippen LogP contribution in [0.5, 0.6) is 0 Å². The average molecular weight is 403 g/mol. The summed E-state index contributed by atoms with van der Waals surface area (Å²) in [6.45, 7) is 5.56. The summed E-state index contributed by atoms with van der Waals surface area (Å²) in [6, 6.07) is 4.65. The molecule has 1 aromatic heterocycles. The number of nitrogens with one attached hydrogen (secondary N) is 2. The number of hydrogen-bond donors (Lipinski definition) is 2. The van der Waals surface area contributed by atoms with Crippen molar-refractivity contribution in [3.05, 3.63) is 50.8 Å². The first-order valence-electron chi connectivity index (χ1n) is 8.60. The number of urea groups is 1. The van der Waals surface area contributed by atoms with Gasteiger partial charge in [0.25, 0.3) is 5.91 Å². The van der Waals surface area contributed by atoms with Crippen LogP contribution in [0.3, 0.4) is 0 Å². The maximum Gasteiger partial charge on any atom is 0.328 e. The van der Waals surface area contributed by atoms with Gasteiger partial charge in [0.15, 0.2) is 6.61 Å². The molecular weight excluding hydrogens is 382 g/mol. The van der Waals surface area contributed by atoms with Gasteiger partial charge in [-0.05, 0) is 39.3 Å². The first-order valence-corrected chi connectivity index (χ1v) is 8.60.